The molecule has 5 nitrogen and oxygen atoms in total. The number of benzene rings is 2. The first kappa shape index (κ1) is 17.8. The van der Waals surface area contributed by atoms with Gasteiger partial charge in [0, 0.05) is 28.0 Å². The van der Waals surface area contributed by atoms with Crippen molar-refractivity contribution in [2.24, 2.45) is 0 Å². The summed E-state index contributed by atoms with van der Waals surface area (Å²) in [6, 6.07) is 14.0. The Morgan fingerprint density at radius 2 is 1.75 bits per heavy atom. The zero-order chi connectivity index (χ0) is 17.5. The van der Waals surface area contributed by atoms with Gasteiger partial charge in [-0.15, -0.1) is 0 Å². The maximum atomic E-state index is 11.9. The van der Waals surface area contributed by atoms with Crippen LogP contribution in [0.4, 0.5) is 11.4 Å². The summed E-state index contributed by atoms with van der Waals surface area (Å²) in [5.74, 6) is -0.297. The second-order valence-corrected chi connectivity index (χ2v) is 6.05. The summed E-state index contributed by atoms with van der Waals surface area (Å²) in [4.78, 5) is 23.8. The van der Waals surface area contributed by atoms with Gasteiger partial charge >= 0.3 is 0 Å². The molecule has 2 aromatic carbocycles. The molecule has 0 atom stereocenters. The molecular formula is C18H20ClN3O2. The van der Waals surface area contributed by atoms with Gasteiger partial charge in [-0.3, -0.25) is 9.59 Å². The van der Waals surface area contributed by atoms with E-state index in [2.05, 4.69) is 16.0 Å². The highest BCUT2D eigenvalue weighted by molar-refractivity contribution is 6.30. The fourth-order valence-corrected chi connectivity index (χ4v) is 2.23. The predicted molar refractivity (Wildman–Crippen MR) is 97.6 cm³/mol. The summed E-state index contributed by atoms with van der Waals surface area (Å²) < 4.78 is 0. The van der Waals surface area contributed by atoms with E-state index < -0.39 is 0 Å². The molecule has 24 heavy (non-hydrogen) atoms. The molecule has 0 spiro atoms. The van der Waals surface area contributed by atoms with Crippen LogP contribution in [0.5, 0.6) is 0 Å². The molecule has 0 saturated heterocycles. The first-order valence-electron chi connectivity index (χ1n) is 7.64. The van der Waals surface area contributed by atoms with Crippen LogP contribution in [0.1, 0.15) is 24.2 Å². The molecule has 0 aliphatic heterocycles. The third-order valence-corrected chi connectivity index (χ3v) is 3.36. The number of amides is 2. The smallest absolute Gasteiger partial charge is 0.251 e. The topological polar surface area (TPSA) is 70.2 Å². The highest BCUT2D eigenvalue weighted by Gasteiger charge is 2.07. The summed E-state index contributed by atoms with van der Waals surface area (Å²) >= 11 is 5.87. The Labute approximate surface area is 146 Å². The number of carbonyl (C=O) groups excluding carboxylic acids is 2. The Bertz CT molecular complexity index is 714. The first-order chi connectivity index (χ1) is 11.4. The monoisotopic (exact) mass is 345 g/mol. The second kappa shape index (κ2) is 8.36. The van der Waals surface area contributed by atoms with Crippen LogP contribution in [-0.2, 0) is 4.79 Å². The molecule has 0 radical (unpaired) electrons. The number of carbonyl (C=O) groups is 2. The van der Waals surface area contributed by atoms with E-state index in [4.69, 9.17) is 11.6 Å². The quantitative estimate of drug-likeness (QED) is 0.750. The van der Waals surface area contributed by atoms with E-state index in [1.54, 1.807) is 48.5 Å². The molecule has 2 rings (SSSR count). The molecule has 0 fully saturated rings. The van der Waals surface area contributed by atoms with Gasteiger partial charge in [0.1, 0.15) is 0 Å². The van der Waals surface area contributed by atoms with Crippen molar-refractivity contribution in [2.45, 2.75) is 19.9 Å². The standard InChI is InChI=1S/C18H20ClN3O2/c1-12(2)21-18(24)13-6-8-15(9-7-13)20-11-17(23)22-16-5-3-4-14(19)10-16/h3-10,12,20H,11H2,1-2H3,(H,21,24)(H,22,23). The van der Waals surface area contributed by atoms with Crippen molar-refractivity contribution < 1.29 is 9.59 Å². The minimum atomic E-state index is -0.182. The molecule has 0 saturated carbocycles. The van der Waals surface area contributed by atoms with Crippen LogP contribution in [0, 0.1) is 0 Å². The fraction of sp³-hybridized carbons (Fsp3) is 0.222. The van der Waals surface area contributed by atoms with Gasteiger partial charge in [-0.1, -0.05) is 17.7 Å². The zero-order valence-corrected chi connectivity index (χ0v) is 14.4. The Kier molecular flexibility index (Phi) is 6.21. The Balaban J connectivity index is 1.85. The van der Waals surface area contributed by atoms with Crippen molar-refractivity contribution in [3.05, 3.63) is 59.1 Å². The first-order valence-corrected chi connectivity index (χ1v) is 8.02. The summed E-state index contributed by atoms with van der Waals surface area (Å²) in [5, 5.41) is 9.16. The van der Waals surface area contributed by atoms with Crippen molar-refractivity contribution in [2.75, 3.05) is 17.2 Å². The number of nitrogens with one attached hydrogen (secondary N) is 3. The Morgan fingerprint density at radius 3 is 2.38 bits per heavy atom. The highest BCUT2D eigenvalue weighted by atomic mass is 35.5. The van der Waals surface area contributed by atoms with E-state index in [0.717, 1.165) is 5.69 Å². The zero-order valence-electron chi connectivity index (χ0n) is 13.6. The Morgan fingerprint density at radius 1 is 1.04 bits per heavy atom. The maximum Gasteiger partial charge on any atom is 0.251 e. The van der Waals surface area contributed by atoms with E-state index >= 15 is 0 Å². The van der Waals surface area contributed by atoms with Gasteiger partial charge in [-0.2, -0.15) is 0 Å². The molecule has 0 bridgehead atoms. The molecule has 6 heteroatoms. The van der Waals surface area contributed by atoms with Gasteiger partial charge in [-0.25, -0.2) is 0 Å². The predicted octanol–water partition coefficient (Wildman–Crippen LogP) is 3.53. The number of hydrogen-bond acceptors (Lipinski definition) is 3. The number of anilines is 2. The van der Waals surface area contributed by atoms with Crippen LogP contribution in [-0.4, -0.2) is 24.4 Å². The number of halogens is 1. The lowest BCUT2D eigenvalue weighted by Gasteiger charge is -2.10. The minimum Gasteiger partial charge on any atom is -0.376 e. The van der Waals surface area contributed by atoms with Crippen molar-refractivity contribution in [3.63, 3.8) is 0 Å². The van der Waals surface area contributed by atoms with E-state index in [-0.39, 0.29) is 24.4 Å². The van der Waals surface area contributed by atoms with Crippen molar-refractivity contribution in [3.8, 4) is 0 Å². The Hall–Kier alpha value is -2.53. The summed E-state index contributed by atoms with van der Waals surface area (Å²) in [7, 11) is 0. The van der Waals surface area contributed by atoms with E-state index in [0.29, 0.717) is 16.3 Å². The van der Waals surface area contributed by atoms with E-state index in [9.17, 15) is 9.59 Å². The molecule has 0 aliphatic carbocycles. The van der Waals surface area contributed by atoms with Crippen molar-refractivity contribution >= 4 is 34.8 Å². The third kappa shape index (κ3) is 5.59. The molecule has 126 valence electrons. The molecule has 0 aromatic heterocycles. The van der Waals surface area contributed by atoms with Gasteiger partial charge in [0.15, 0.2) is 0 Å². The minimum absolute atomic E-state index is 0.0884. The van der Waals surface area contributed by atoms with Crippen molar-refractivity contribution in [1.82, 2.24) is 5.32 Å². The van der Waals surface area contributed by atoms with Crippen LogP contribution >= 0.6 is 11.6 Å². The van der Waals surface area contributed by atoms with Crippen LogP contribution in [0.2, 0.25) is 5.02 Å². The third-order valence-electron chi connectivity index (χ3n) is 3.13. The SMILES string of the molecule is CC(C)NC(=O)c1ccc(NCC(=O)Nc2cccc(Cl)c2)cc1. The number of rotatable bonds is 6. The van der Waals surface area contributed by atoms with Crippen LogP contribution in [0.15, 0.2) is 48.5 Å². The second-order valence-electron chi connectivity index (χ2n) is 5.62. The van der Waals surface area contributed by atoms with Gasteiger partial charge < -0.3 is 16.0 Å². The average molecular weight is 346 g/mol. The van der Waals surface area contributed by atoms with Crippen LogP contribution < -0.4 is 16.0 Å². The molecule has 0 aliphatic rings. The molecule has 2 aromatic rings. The van der Waals surface area contributed by atoms with Crippen LogP contribution in [0.25, 0.3) is 0 Å². The summed E-state index contributed by atoms with van der Waals surface area (Å²) in [6.45, 7) is 3.93. The molecule has 3 N–H and O–H groups in total. The van der Waals surface area contributed by atoms with Gasteiger partial charge in [0.25, 0.3) is 5.91 Å². The van der Waals surface area contributed by atoms with Crippen molar-refractivity contribution in [1.29, 1.82) is 0 Å². The molecule has 0 unspecified atom stereocenters. The summed E-state index contributed by atoms with van der Waals surface area (Å²) in [6.07, 6.45) is 0. The summed E-state index contributed by atoms with van der Waals surface area (Å²) in [5.41, 5.74) is 1.99. The molecular weight excluding hydrogens is 326 g/mol. The van der Waals surface area contributed by atoms with Gasteiger partial charge in [0.2, 0.25) is 5.91 Å². The highest BCUT2D eigenvalue weighted by Crippen LogP contribution is 2.15. The largest absolute Gasteiger partial charge is 0.376 e. The van der Waals surface area contributed by atoms with Gasteiger partial charge in [0.05, 0.1) is 6.54 Å². The average Bonchev–Trinajstić information content (AvgIpc) is 2.53. The lowest BCUT2D eigenvalue weighted by Crippen LogP contribution is -2.30. The van der Waals surface area contributed by atoms with Gasteiger partial charge in [-0.05, 0) is 56.3 Å². The molecule has 2 amide bonds. The van der Waals surface area contributed by atoms with Crippen LogP contribution in [0.3, 0.4) is 0 Å². The molecule has 0 heterocycles. The normalized spacial score (nSPS) is 10.3. The fourth-order valence-electron chi connectivity index (χ4n) is 2.04. The maximum absolute atomic E-state index is 11.9. The lowest BCUT2D eigenvalue weighted by atomic mass is 10.2. The van der Waals surface area contributed by atoms with E-state index in [1.807, 2.05) is 13.8 Å². The lowest BCUT2D eigenvalue weighted by molar-refractivity contribution is -0.114. The number of hydrogen-bond donors (Lipinski definition) is 3. The van der Waals surface area contributed by atoms with E-state index in [1.165, 1.54) is 0 Å².